The zero-order chi connectivity index (χ0) is 17.9. The Morgan fingerprint density at radius 2 is 1.64 bits per heavy atom. The van der Waals surface area contributed by atoms with Crippen molar-refractivity contribution in [3.63, 3.8) is 0 Å². The third-order valence-corrected chi connectivity index (χ3v) is 4.84. The Morgan fingerprint density at radius 3 is 2.36 bits per heavy atom. The lowest BCUT2D eigenvalue weighted by Crippen LogP contribution is -2.20. The summed E-state index contributed by atoms with van der Waals surface area (Å²) in [6.07, 6.45) is 6.36. The van der Waals surface area contributed by atoms with E-state index in [0.29, 0.717) is 16.7 Å². The summed E-state index contributed by atoms with van der Waals surface area (Å²) >= 11 is 11.9. The van der Waals surface area contributed by atoms with Gasteiger partial charge in [-0.3, -0.25) is 0 Å². The largest absolute Gasteiger partial charge is 0.492 e. The summed E-state index contributed by atoms with van der Waals surface area (Å²) in [6, 6.07) is 14.1. The average Bonchev–Trinajstić information content (AvgIpc) is 2.62. The Morgan fingerprint density at radius 1 is 0.880 bits per heavy atom. The van der Waals surface area contributed by atoms with Gasteiger partial charge in [0.2, 0.25) is 0 Å². The molecule has 0 fully saturated rings. The molecule has 0 saturated carbocycles. The van der Waals surface area contributed by atoms with Gasteiger partial charge in [-0.1, -0.05) is 67.6 Å². The molecule has 0 aliphatic rings. The van der Waals surface area contributed by atoms with E-state index in [1.807, 2.05) is 18.2 Å². The second-order valence-corrected chi connectivity index (χ2v) is 7.04. The Kier molecular flexibility index (Phi) is 9.17. The van der Waals surface area contributed by atoms with Gasteiger partial charge in [-0.2, -0.15) is 0 Å². The van der Waals surface area contributed by atoms with Crippen molar-refractivity contribution < 1.29 is 4.74 Å². The highest BCUT2D eigenvalue weighted by Crippen LogP contribution is 2.22. The van der Waals surface area contributed by atoms with Crippen molar-refractivity contribution >= 4 is 23.2 Å². The smallest absolute Gasteiger partial charge is 0.119 e. The van der Waals surface area contributed by atoms with Crippen molar-refractivity contribution in [1.29, 1.82) is 0 Å². The van der Waals surface area contributed by atoms with Crippen molar-refractivity contribution in [2.75, 3.05) is 13.2 Å². The Bertz CT molecular complexity index is 628. The van der Waals surface area contributed by atoms with E-state index in [1.54, 1.807) is 0 Å². The molecule has 136 valence electrons. The predicted octanol–water partition coefficient (Wildman–Crippen LogP) is 6.28. The molecule has 4 heteroatoms. The Balaban J connectivity index is 1.62. The van der Waals surface area contributed by atoms with Gasteiger partial charge in [0.05, 0.1) is 10.0 Å². The van der Waals surface area contributed by atoms with Crippen LogP contribution in [0.3, 0.4) is 0 Å². The lowest BCUT2D eigenvalue weighted by molar-refractivity contribution is 0.313. The summed E-state index contributed by atoms with van der Waals surface area (Å²) in [7, 11) is 0. The molecule has 0 aromatic heterocycles. The maximum absolute atomic E-state index is 6.01. The van der Waals surface area contributed by atoms with Gasteiger partial charge in [0.15, 0.2) is 0 Å². The molecule has 2 aromatic carbocycles. The van der Waals surface area contributed by atoms with E-state index >= 15 is 0 Å². The average molecular weight is 380 g/mol. The number of benzene rings is 2. The van der Waals surface area contributed by atoms with Crippen molar-refractivity contribution in [3.05, 3.63) is 63.6 Å². The van der Waals surface area contributed by atoms with E-state index in [4.69, 9.17) is 27.9 Å². The van der Waals surface area contributed by atoms with Crippen LogP contribution >= 0.6 is 23.2 Å². The van der Waals surface area contributed by atoms with E-state index in [1.165, 1.54) is 31.2 Å². The lowest BCUT2D eigenvalue weighted by atomic mass is 10.1. The summed E-state index contributed by atoms with van der Waals surface area (Å²) in [5, 5.41) is 4.52. The third-order valence-electron chi connectivity index (χ3n) is 4.10. The normalized spacial score (nSPS) is 10.8. The number of nitrogens with one attached hydrogen (secondary N) is 1. The minimum atomic E-state index is 0.586. The van der Waals surface area contributed by atoms with E-state index in [0.717, 1.165) is 30.8 Å². The molecule has 0 spiro atoms. The molecule has 25 heavy (non-hydrogen) atoms. The molecule has 0 atom stereocenters. The topological polar surface area (TPSA) is 21.3 Å². The molecule has 2 aromatic rings. The van der Waals surface area contributed by atoms with Crippen LogP contribution in [0.25, 0.3) is 0 Å². The summed E-state index contributed by atoms with van der Waals surface area (Å²) in [5.41, 5.74) is 2.50. The highest BCUT2D eigenvalue weighted by Gasteiger charge is 2.00. The van der Waals surface area contributed by atoms with E-state index in [-0.39, 0.29) is 0 Å². The highest BCUT2D eigenvalue weighted by atomic mass is 35.5. The van der Waals surface area contributed by atoms with Gasteiger partial charge in [-0.15, -0.1) is 0 Å². The minimum Gasteiger partial charge on any atom is -0.492 e. The molecular formula is C21H27Cl2NO. The van der Waals surface area contributed by atoms with Crippen LogP contribution in [0, 0.1) is 0 Å². The molecule has 0 aliphatic heterocycles. The molecule has 0 amide bonds. The predicted molar refractivity (Wildman–Crippen MR) is 108 cm³/mol. The first-order valence-corrected chi connectivity index (χ1v) is 9.81. The number of hydrogen-bond donors (Lipinski definition) is 1. The Labute approximate surface area is 161 Å². The van der Waals surface area contributed by atoms with Crippen LogP contribution in [0.5, 0.6) is 5.75 Å². The number of unbranched alkanes of at least 4 members (excludes halogenated alkanes) is 3. The highest BCUT2D eigenvalue weighted by molar-refractivity contribution is 6.42. The van der Waals surface area contributed by atoms with Crippen LogP contribution in [0.2, 0.25) is 10.0 Å². The maximum Gasteiger partial charge on any atom is 0.119 e. The monoisotopic (exact) mass is 379 g/mol. The molecular weight excluding hydrogens is 353 g/mol. The molecule has 0 bridgehead atoms. The fraction of sp³-hybridized carbons (Fsp3) is 0.429. The molecule has 0 saturated heterocycles. The van der Waals surface area contributed by atoms with E-state index < -0.39 is 0 Å². The number of halogens is 2. The first-order valence-electron chi connectivity index (χ1n) is 9.05. The minimum absolute atomic E-state index is 0.586. The fourth-order valence-corrected chi connectivity index (χ4v) is 2.95. The summed E-state index contributed by atoms with van der Waals surface area (Å²) in [5.74, 6) is 0.925. The van der Waals surface area contributed by atoms with Gasteiger partial charge in [0, 0.05) is 13.1 Å². The summed E-state index contributed by atoms with van der Waals surface area (Å²) < 4.78 is 5.78. The van der Waals surface area contributed by atoms with Crippen LogP contribution in [0.1, 0.15) is 43.7 Å². The molecule has 2 rings (SSSR count). The second kappa shape index (κ2) is 11.4. The van der Waals surface area contributed by atoms with Crippen LogP contribution in [0.4, 0.5) is 0 Å². The standard InChI is InChI=1S/C21H27Cl2NO/c1-2-3-4-5-6-17-7-10-19(11-8-17)25-14-13-24-16-18-9-12-20(22)21(23)15-18/h7-12,15,24H,2-6,13-14,16H2,1H3. The Hall–Kier alpha value is -1.22. The molecule has 2 nitrogen and oxygen atoms in total. The molecule has 0 aliphatic carbocycles. The molecule has 0 unspecified atom stereocenters. The van der Waals surface area contributed by atoms with Gasteiger partial charge in [-0.25, -0.2) is 0 Å². The van der Waals surface area contributed by atoms with Gasteiger partial charge < -0.3 is 10.1 Å². The van der Waals surface area contributed by atoms with Crippen LogP contribution in [-0.2, 0) is 13.0 Å². The fourth-order valence-electron chi connectivity index (χ4n) is 2.63. The maximum atomic E-state index is 6.01. The number of ether oxygens (including phenoxy) is 1. The first kappa shape index (κ1) is 20.1. The van der Waals surface area contributed by atoms with Crippen molar-refractivity contribution in [2.45, 2.75) is 45.6 Å². The number of hydrogen-bond acceptors (Lipinski definition) is 2. The second-order valence-electron chi connectivity index (χ2n) is 6.23. The van der Waals surface area contributed by atoms with Crippen molar-refractivity contribution in [1.82, 2.24) is 5.32 Å². The van der Waals surface area contributed by atoms with E-state index in [2.05, 4.69) is 36.5 Å². The first-order chi connectivity index (χ1) is 12.2. The summed E-state index contributed by atoms with van der Waals surface area (Å²) in [6.45, 7) is 4.40. The van der Waals surface area contributed by atoms with Gasteiger partial charge >= 0.3 is 0 Å². The zero-order valence-electron chi connectivity index (χ0n) is 14.9. The van der Waals surface area contributed by atoms with Crippen LogP contribution in [-0.4, -0.2) is 13.2 Å². The number of aryl methyl sites for hydroxylation is 1. The van der Waals surface area contributed by atoms with E-state index in [9.17, 15) is 0 Å². The molecule has 1 N–H and O–H groups in total. The van der Waals surface area contributed by atoms with Crippen molar-refractivity contribution in [2.24, 2.45) is 0 Å². The molecule has 0 heterocycles. The van der Waals surface area contributed by atoms with Crippen LogP contribution < -0.4 is 10.1 Å². The van der Waals surface area contributed by atoms with Crippen LogP contribution in [0.15, 0.2) is 42.5 Å². The lowest BCUT2D eigenvalue weighted by Gasteiger charge is -2.09. The van der Waals surface area contributed by atoms with Gasteiger partial charge in [-0.05, 0) is 48.2 Å². The molecule has 0 radical (unpaired) electrons. The SMILES string of the molecule is CCCCCCc1ccc(OCCNCc2ccc(Cl)c(Cl)c2)cc1. The van der Waals surface area contributed by atoms with Crippen molar-refractivity contribution in [3.8, 4) is 5.75 Å². The van der Waals surface area contributed by atoms with Gasteiger partial charge in [0.1, 0.15) is 12.4 Å². The quantitative estimate of drug-likeness (QED) is 0.463. The third kappa shape index (κ3) is 7.68. The number of rotatable bonds is 11. The zero-order valence-corrected chi connectivity index (χ0v) is 16.4. The summed E-state index contributed by atoms with van der Waals surface area (Å²) in [4.78, 5) is 0. The van der Waals surface area contributed by atoms with Gasteiger partial charge in [0.25, 0.3) is 0 Å².